The number of halogens is 2. The number of hydrogen-bond donors (Lipinski definition) is 1. The first-order chi connectivity index (χ1) is 8.72. The molecule has 3 nitrogen and oxygen atoms in total. The minimum absolute atomic E-state index is 0.00489. The normalized spacial score (nSPS) is 24.8. The molecule has 1 aliphatic heterocycles. The molecule has 0 saturated carbocycles. The topological polar surface area (TPSA) is 30.5 Å². The van der Waals surface area contributed by atoms with Crippen molar-refractivity contribution < 1.29 is 9.47 Å². The molecule has 1 aliphatic rings. The van der Waals surface area contributed by atoms with Crippen LogP contribution >= 0.6 is 23.2 Å². The molecule has 1 heterocycles. The molecular formula is C13H17Cl2NO2. The van der Waals surface area contributed by atoms with E-state index in [2.05, 4.69) is 5.32 Å². The van der Waals surface area contributed by atoms with Gasteiger partial charge in [-0.15, -0.1) is 0 Å². The maximum Gasteiger partial charge on any atom is 0.0888 e. The largest absolute Gasteiger partial charge is 0.384 e. The summed E-state index contributed by atoms with van der Waals surface area (Å²) in [5.41, 5.74) is 1.05. The minimum atomic E-state index is -0.00489. The number of hydrogen-bond acceptors (Lipinski definition) is 3. The van der Waals surface area contributed by atoms with Gasteiger partial charge in [0, 0.05) is 26.1 Å². The van der Waals surface area contributed by atoms with E-state index >= 15 is 0 Å². The lowest BCUT2D eigenvalue weighted by Crippen LogP contribution is -2.27. The van der Waals surface area contributed by atoms with E-state index in [1.807, 2.05) is 18.2 Å². The van der Waals surface area contributed by atoms with E-state index in [4.69, 9.17) is 32.7 Å². The highest BCUT2D eigenvalue weighted by Crippen LogP contribution is 2.32. The Bertz CT molecular complexity index is 401. The summed E-state index contributed by atoms with van der Waals surface area (Å²) in [6, 6.07) is 5.65. The fourth-order valence-electron chi connectivity index (χ4n) is 2.21. The average Bonchev–Trinajstić information content (AvgIpc) is 2.59. The lowest BCUT2D eigenvalue weighted by atomic mass is 9.96. The molecule has 1 saturated heterocycles. The van der Waals surface area contributed by atoms with E-state index in [0.29, 0.717) is 23.3 Å². The molecule has 0 bridgehead atoms. The van der Waals surface area contributed by atoms with E-state index in [9.17, 15) is 0 Å². The van der Waals surface area contributed by atoms with Gasteiger partial charge in [0.2, 0.25) is 0 Å². The van der Waals surface area contributed by atoms with E-state index in [-0.39, 0.29) is 12.0 Å². The Morgan fingerprint density at radius 1 is 1.39 bits per heavy atom. The first-order valence-corrected chi connectivity index (χ1v) is 6.74. The van der Waals surface area contributed by atoms with Crippen molar-refractivity contribution in [2.75, 3.05) is 33.4 Å². The van der Waals surface area contributed by atoms with E-state index in [0.717, 1.165) is 18.7 Å². The Morgan fingerprint density at radius 2 is 2.22 bits per heavy atom. The number of benzene rings is 1. The second kappa shape index (κ2) is 6.73. The summed E-state index contributed by atoms with van der Waals surface area (Å²) in [4.78, 5) is 0. The van der Waals surface area contributed by atoms with Crippen LogP contribution in [0.25, 0.3) is 0 Å². The zero-order valence-corrected chi connectivity index (χ0v) is 11.8. The SMILES string of the molecule is COC[C@@H]1CNCCOC1c1ccc(Cl)c(Cl)c1. The maximum absolute atomic E-state index is 6.06. The van der Waals surface area contributed by atoms with Crippen molar-refractivity contribution >= 4 is 23.2 Å². The van der Waals surface area contributed by atoms with Gasteiger partial charge in [-0.1, -0.05) is 29.3 Å². The Labute approximate surface area is 117 Å². The molecule has 0 spiro atoms. The van der Waals surface area contributed by atoms with Crippen LogP contribution in [0.5, 0.6) is 0 Å². The third-order valence-corrected chi connectivity index (χ3v) is 3.80. The van der Waals surface area contributed by atoms with Gasteiger partial charge in [-0.05, 0) is 17.7 Å². The second-order valence-electron chi connectivity index (χ2n) is 4.38. The number of rotatable bonds is 3. The van der Waals surface area contributed by atoms with E-state index in [1.165, 1.54) is 0 Å². The third-order valence-electron chi connectivity index (χ3n) is 3.06. The van der Waals surface area contributed by atoms with Gasteiger partial charge in [-0.25, -0.2) is 0 Å². The van der Waals surface area contributed by atoms with Gasteiger partial charge in [0.25, 0.3) is 0 Å². The molecular weight excluding hydrogens is 273 g/mol. The van der Waals surface area contributed by atoms with Crippen molar-refractivity contribution in [3.05, 3.63) is 33.8 Å². The standard InChI is InChI=1S/C13H17Cl2NO2/c1-17-8-10-7-16-4-5-18-13(10)9-2-3-11(14)12(15)6-9/h2-3,6,10,13,16H,4-5,7-8H2,1H3/t10-,13?/m0/s1. The van der Waals surface area contributed by atoms with Crippen LogP contribution in [-0.2, 0) is 9.47 Å². The monoisotopic (exact) mass is 289 g/mol. The molecule has 2 atom stereocenters. The molecule has 1 unspecified atom stereocenters. The quantitative estimate of drug-likeness (QED) is 0.928. The highest BCUT2D eigenvalue weighted by atomic mass is 35.5. The molecule has 1 fully saturated rings. The first-order valence-electron chi connectivity index (χ1n) is 5.98. The van der Waals surface area contributed by atoms with Gasteiger partial charge in [0.05, 0.1) is 29.4 Å². The van der Waals surface area contributed by atoms with Crippen LogP contribution in [0.2, 0.25) is 10.0 Å². The molecule has 0 radical (unpaired) electrons. The van der Waals surface area contributed by atoms with Crippen LogP contribution in [0.3, 0.4) is 0 Å². The summed E-state index contributed by atoms with van der Waals surface area (Å²) >= 11 is 12.0. The highest BCUT2D eigenvalue weighted by molar-refractivity contribution is 6.42. The summed E-state index contributed by atoms with van der Waals surface area (Å²) in [7, 11) is 1.71. The zero-order valence-electron chi connectivity index (χ0n) is 10.3. The lowest BCUT2D eigenvalue weighted by molar-refractivity contribution is 0.00254. The van der Waals surface area contributed by atoms with Crippen LogP contribution in [0.4, 0.5) is 0 Å². The van der Waals surface area contributed by atoms with Gasteiger partial charge in [-0.2, -0.15) is 0 Å². The number of nitrogens with one attached hydrogen (secondary N) is 1. The molecule has 1 aromatic rings. The molecule has 100 valence electrons. The predicted molar refractivity (Wildman–Crippen MR) is 73.4 cm³/mol. The Kier molecular flexibility index (Phi) is 5.27. The molecule has 5 heteroatoms. The van der Waals surface area contributed by atoms with Gasteiger partial charge < -0.3 is 14.8 Å². The molecule has 1 aromatic carbocycles. The van der Waals surface area contributed by atoms with Crippen molar-refractivity contribution in [3.8, 4) is 0 Å². The van der Waals surface area contributed by atoms with Gasteiger partial charge >= 0.3 is 0 Å². The number of methoxy groups -OCH3 is 1. The maximum atomic E-state index is 6.06. The molecule has 0 aliphatic carbocycles. The Morgan fingerprint density at radius 3 is 2.94 bits per heavy atom. The van der Waals surface area contributed by atoms with Crippen molar-refractivity contribution in [3.63, 3.8) is 0 Å². The summed E-state index contributed by atoms with van der Waals surface area (Å²) < 4.78 is 11.2. The van der Waals surface area contributed by atoms with Gasteiger partial charge in [0.15, 0.2) is 0 Å². The molecule has 2 rings (SSSR count). The molecule has 0 aromatic heterocycles. The highest BCUT2D eigenvalue weighted by Gasteiger charge is 2.26. The molecule has 1 N–H and O–H groups in total. The fourth-order valence-corrected chi connectivity index (χ4v) is 2.51. The van der Waals surface area contributed by atoms with Crippen LogP contribution in [0, 0.1) is 5.92 Å². The van der Waals surface area contributed by atoms with E-state index < -0.39 is 0 Å². The molecule has 18 heavy (non-hydrogen) atoms. The fraction of sp³-hybridized carbons (Fsp3) is 0.538. The third kappa shape index (κ3) is 3.37. The Hall–Kier alpha value is -0.320. The lowest BCUT2D eigenvalue weighted by Gasteiger charge is -2.24. The summed E-state index contributed by atoms with van der Waals surface area (Å²) in [6.45, 7) is 3.07. The minimum Gasteiger partial charge on any atom is -0.384 e. The first kappa shape index (κ1) is 14.1. The van der Waals surface area contributed by atoms with Crippen molar-refractivity contribution in [2.24, 2.45) is 5.92 Å². The summed E-state index contributed by atoms with van der Waals surface area (Å²) in [5, 5.41) is 4.47. The average molecular weight is 290 g/mol. The van der Waals surface area contributed by atoms with E-state index in [1.54, 1.807) is 7.11 Å². The molecule has 0 amide bonds. The predicted octanol–water partition coefficient (Wildman–Crippen LogP) is 2.92. The number of ether oxygens (including phenoxy) is 2. The van der Waals surface area contributed by atoms with Crippen LogP contribution in [-0.4, -0.2) is 33.4 Å². The van der Waals surface area contributed by atoms with Crippen LogP contribution < -0.4 is 5.32 Å². The van der Waals surface area contributed by atoms with Crippen LogP contribution in [0.1, 0.15) is 11.7 Å². The van der Waals surface area contributed by atoms with Gasteiger partial charge in [-0.3, -0.25) is 0 Å². The van der Waals surface area contributed by atoms with Crippen molar-refractivity contribution in [2.45, 2.75) is 6.10 Å². The smallest absolute Gasteiger partial charge is 0.0888 e. The van der Waals surface area contributed by atoms with Crippen LogP contribution in [0.15, 0.2) is 18.2 Å². The van der Waals surface area contributed by atoms with Crippen molar-refractivity contribution in [1.82, 2.24) is 5.32 Å². The van der Waals surface area contributed by atoms with Crippen molar-refractivity contribution in [1.29, 1.82) is 0 Å². The zero-order chi connectivity index (χ0) is 13.0. The Balaban J connectivity index is 2.22. The second-order valence-corrected chi connectivity index (χ2v) is 5.20. The summed E-state index contributed by atoms with van der Waals surface area (Å²) in [5.74, 6) is 0.273. The summed E-state index contributed by atoms with van der Waals surface area (Å²) in [6.07, 6.45) is -0.00489. The van der Waals surface area contributed by atoms with Gasteiger partial charge in [0.1, 0.15) is 0 Å².